The number of aromatic amines is 1. The van der Waals surface area contributed by atoms with Gasteiger partial charge in [0.05, 0.1) is 17.4 Å². The largest absolute Gasteiger partial charge is 0.338 e. The second kappa shape index (κ2) is 7.48. The normalized spacial score (nSPS) is 10.9. The van der Waals surface area contributed by atoms with Gasteiger partial charge in [0.15, 0.2) is 0 Å². The van der Waals surface area contributed by atoms with Gasteiger partial charge in [0.2, 0.25) is 5.91 Å². The number of carbonyl (C=O) groups excluding carboxylic acids is 1. The fraction of sp³-hybridized carbons (Fsp3) is 0.278. The molecule has 2 heterocycles. The number of hydrogen-bond donors (Lipinski definition) is 1. The molecule has 1 aromatic carbocycles. The molecule has 0 unspecified atom stereocenters. The summed E-state index contributed by atoms with van der Waals surface area (Å²) in [7, 11) is 0. The molecule has 2 aromatic heterocycles. The van der Waals surface area contributed by atoms with Gasteiger partial charge in [-0.2, -0.15) is 0 Å². The maximum absolute atomic E-state index is 12.5. The van der Waals surface area contributed by atoms with Gasteiger partial charge in [-0.1, -0.05) is 18.2 Å². The molecular formula is C18H19N3O3S. The Hall–Kier alpha value is -2.67. The number of fused-ring (bicyclic) bond motifs is 1. The number of nitrogens with one attached hydrogen (secondary N) is 1. The Kier molecular flexibility index (Phi) is 5.14. The summed E-state index contributed by atoms with van der Waals surface area (Å²) < 4.78 is 1.45. The molecule has 0 fully saturated rings. The zero-order chi connectivity index (χ0) is 17.8. The number of nitrogens with zero attached hydrogens (tertiary/aromatic N) is 2. The van der Waals surface area contributed by atoms with Crippen molar-refractivity contribution in [2.75, 3.05) is 6.54 Å². The second-order valence-corrected chi connectivity index (χ2v) is 6.70. The molecule has 25 heavy (non-hydrogen) atoms. The van der Waals surface area contributed by atoms with Gasteiger partial charge >= 0.3 is 5.69 Å². The molecule has 130 valence electrons. The van der Waals surface area contributed by atoms with Crippen LogP contribution in [0.25, 0.3) is 10.9 Å². The van der Waals surface area contributed by atoms with Gasteiger partial charge in [0, 0.05) is 24.4 Å². The minimum Gasteiger partial charge on any atom is -0.338 e. The summed E-state index contributed by atoms with van der Waals surface area (Å²) in [5, 5.41) is 2.43. The Bertz CT molecular complexity index is 989. The van der Waals surface area contributed by atoms with Crippen molar-refractivity contribution in [2.45, 2.75) is 26.4 Å². The Morgan fingerprint density at radius 2 is 2.00 bits per heavy atom. The number of amides is 1. The van der Waals surface area contributed by atoms with E-state index in [0.717, 1.165) is 4.88 Å². The SMILES string of the molecule is CCN(Cc1cccs1)C(=O)CCn1c(=O)[nH]c(=O)c2ccccc21. The lowest BCUT2D eigenvalue weighted by molar-refractivity contribution is -0.131. The molecule has 7 heteroatoms. The highest BCUT2D eigenvalue weighted by Gasteiger charge is 2.14. The van der Waals surface area contributed by atoms with Crippen LogP contribution in [0.4, 0.5) is 0 Å². The molecule has 0 radical (unpaired) electrons. The summed E-state index contributed by atoms with van der Waals surface area (Å²) in [5.74, 6) is -0.0157. The highest BCUT2D eigenvalue weighted by Crippen LogP contribution is 2.13. The van der Waals surface area contributed by atoms with E-state index < -0.39 is 11.2 Å². The number of aryl methyl sites for hydroxylation is 1. The third-order valence-electron chi connectivity index (χ3n) is 4.12. The van der Waals surface area contributed by atoms with Crippen molar-refractivity contribution in [3.05, 3.63) is 67.5 Å². The minimum atomic E-state index is -0.488. The number of benzene rings is 1. The molecule has 0 atom stereocenters. The average Bonchev–Trinajstić information content (AvgIpc) is 3.12. The summed E-state index contributed by atoms with van der Waals surface area (Å²) in [6, 6.07) is 10.9. The molecule has 0 saturated carbocycles. The van der Waals surface area contributed by atoms with E-state index in [1.165, 1.54) is 4.57 Å². The van der Waals surface area contributed by atoms with E-state index in [0.29, 0.717) is 24.0 Å². The van der Waals surface area contributed by atoms with Crippen molar-refractivity contribution in [3.63, 3.8) is 0 Å². The summed E-state index contributed by atoms with van der Waals surface area (Å²) >= 11 is 1.62. The first-order chi connectivity index (χ1) is 12.1. The average molecular weight is 357 g/mol. The van der Waals surface area contributed by atoms with Gasteiger partial charge in [-0.05, 0) is 30.5 Å². The zero-order valence-corrected chi connectivity index (χ0v) is 14.7. The van der Waals surface area contributed by atoms with Crippen molar-refractivity contribution in [3.8, 4) is 0 Å². The summed E-state index contributed by atoms with van der Waals surface area (Å²) in [4.78, 5) is 41.8. The van der Waals surface area contributed by atoms with E-state index in [2.05, 4.69) is 4.98 Å². The van der Waals surface area contributed by atoms with Gasteiger partial charge in [-0.25, -0.2) is 4.79 Å². The number of rotatable bonds is 6. The van der Waals surface area contributed by atoms with Crippen LogP contribution in [0, 0.1) is 0 Å². The van der Waals surface area contributed by atoms with Crippen molar-refractivity contribution in [1.82, 2.24) is 14.5 Å². The van der Waals surface area contributed by atoms with Gasteiger partial charge in [0.25, 0.3) is 5.56 Å². The van der Waals surface area contributed by atoms with Crippen LogP contribution >= 0.6 is 11.3 Å². The molecule has 0 aliphatic rings. The molecule has 0 bridgehead atoms. The van der Waals surface area contributed by atoms with Gasteiger partial charge in [-0.3, -0.25) is 19.1 Å². The van der Waals surface area contributed by atoms with Crippen LogP contribution in [0.3, 0.4) is 0 Å². The van der Waals surface area contributed by atoms with Gasteiger partial charge < -0.3 is 4.90 Å². The Labute approximate surface area is 148 Å². The predicted octanol–water partition coefficient (Wildman–Crippen LogP) is 2.19. The lowest BCUT2D eigenvalue weighted by atomic mass is 10.2. The van der Waals surface area contributed by atoms with Crippen LogP contribution in [0.5, 0.6) is 0 Å². The first-order valence-electron chi connectivity index (χ1n) is 8.12. The van der Waals surface area contributed by atoms with Crippen molar-refractivity contribution in [1.29, 1.82) is 0 Å². The van der Waals surface area contributed by atoms with Crippen LogP contribution in [-0.4, -0.2) is 26.9 Å². The molecule has 0 saturated heterocycles. The highest BCUT2D eigenvalue weighted by molar-refractivity contribution is 7.09. The van der Waals surface area contributed by atoms with Crippen molar-refractivity contribution in [2.24, 2.45) is 0 Å². The molecule has 1 N–H and O–H groups in total. The van der Waals surface area contributed by atoms with E-state index in [1.54, 1.807) is 40.5 Å². The van der Waals surface area contributed by atoms with Crippen molar-refractivity contribution < 1.29 is 4.79 Å². The van der Waals surface area contributed by atoms with Gasteiger partial charge in [0.1, 0.15) is 0 Å². The topological polar surface area (TPSA) is 75.2 Å². The maximum Gasteiger partial charge on any atom is 0.328 e. The van der Waals surface area contributed by atoms with E-state index >= 15 is 0 Å². The molecule has 0 aliphatic carbocycles. The first-order valence-corrected chi connectivity index (χ1v) is 9.00. The molecular weight excluding hydrogens is 338 g/mol. The number of aromatic nitrogens is 2. The standard InChI is InChI=1S/C18H19N3O3S/c1-2-20(12-13-6-5-11-25-13)16(22)9-10-21-15-8-4-3-7-14(15)17(23)19-18(21)24/h3-8,11H,2,9-10,12H2,1H3,(H,19,23,24). The smallest absolute Gasteiger partial charge is 0.328 e. The van der Waals surface area contributed by atoms with E-state index in [4.69, 9.17) is 0 Å². The van der Waals surface area contributed by atoms with E-state index in [-0.39, 0.29) is 18.9 Å². The predicted molar refractivity (Wildman–Crippen MR) is 98.9 cm³/mol. The Morgan fingerprint density at radius 1 is 1.20 bits per heavy atom. The number of hydrogen-bond acceptors (Lipinski definition) is 4. The van der Waals surface area contributed by atoms with Gasteiger partial charge in [-0.15, -0.1) is 11.3 Å². The lowest BCUT2D eigenvalue weighted by Crippen LogP contribution is -2.34. The molecule has 0 aliphatic heterocycles. The first kappa shape index (κ1) is 17.2. The molecule has 0 spiro atoms. The van der Waals surface area contributed by atoms with Crippen LogP contribution < -0.4 is 11.2 Å². The van der Waals surface area contributed by atoms with Crippen LogP contribution in [0.15, 0.2) is 51.4 Å². The second-order valence-electron chi connectivity index (χ2n) is 5.67. The number of para-hydroxylation sites is 1. The molecule has 1 amide bonds. The third kappa shape index (κ3) is 3.71. The lowest BCUT2D eigenvalue weighted by Gasteiger charge is -2.20. The quantitative estimate of drug-likeness (QED) is 0.735. The van der Waals surface area contributed by atoms with Crippen LogP contribution in [0.2, 0.25) is 0 Å². The molecule has 6 nitrogen and oxygen atoms in total. The molecule has 3 rings (SSSR count). The highest BCUT2D eigenvalue weighted by atomic mass is 32.1. The monoisotopic (exact) mass is 357 g/mol. The fourth-order valence-corrected chi connectivity index (χ4v) is 3.52. The zero-order valence-electron chi connectivity index (χ0n) is 13.9. The van der Waals surface area contributed by atoms with Crippen LogP contribution in [0.1, 0.15) is 18.2 Å². The van der Waals surface area contributed by atoms with Crippen molar-refractivity contribution >= 4 is 28.1 Å². The third-order valence-corrected chi connectivity index (χ3v) is 4.98. The van der Waals surface area contributed by atoms with E-state index in [9.17, 15) is 14.4 Å². The number of thiophene rings is 1. The fourth-order valence-electron chi connectivity index (χ4n) is 2.80. The number of carbonyl (C=O) groups is 1. The Balaban J connectivity index is 1.79. The summed E-state index contributed by atoms with van der Waals surface area (Å²) in [6.45, 7) is 3.36. The van der Waals surface area contributed by atoms with Crippen LogP contribution in [-0.2, 0) is 17.9 Å². The summed E-state index contributed by atoms with van der Waals surface area (Å²) in [5.41, 5.74) is -0.348. The molecule has 3 aromatic rings. The van der Waals surface area contributed by atoms with E-state index in [1.807, 2.05) is 24.4 Å². The minimum absolute atomic E-state index is 0.0157. The summed E-state index contributed by atoms with van der Waals surface area (Å²) in [6.07, 6.45) is 0.204. The maximum atomic E-state index is 12.5. The number of H-pyrrole nitrogens is 1. The Morgan fingerprint density at radius 3 is 2.72 bits per heavy atom.